The van der Waals surface area contributed by atoms with Crippen molar-refractivity contribution in [2.75, 3.05) is 5.73 Å². The van der Waals surface area contributed by atoms with Gasteiger partial charge in [-0.15, -0.1) is 0 Å². The molecule has 0 aliphatic rings. The van der Waals surface area contributed by atoms with E-state index in [9.17, 15) is 0 Å². The third kappa shape index (κ3) is 3.24. The van der Waals surface area contributed by atoms with Crippen LogP contribution in [-0.2, 0) is 0 Å². The van der Waals surface area contributed by atoms with Gasteiger partial charge in [-0.05, 0) is 46.6 Å². The Bertz CT molecular complexity index is 637. The lowest BCUT2D eigenvalue weighted by atomic mass is 10.1. The highest BCUT2D eigenvalue weighted by atomic mass is 79.9. The van der Waals surface area contributed by atoms with Crippen LogP contribution < -0.4 is 10.5 Å². The molecule has 1 atom stereocenters. The second kappa shape index (κ2) is 5.72. The Morgan fingerprint density at radius 2 is 2.21 bits per heavy atom. The molecule has 1 heterocycles. The minimum Gasteiger partial charge on any atom is -0.482 e. The van der Waals surface area contributed by atoms with Crippen molar-refractivity contribution < 1.29 is 4.74 Å². The van der Waals surface area contributed by atoms with Gasteiger partial charge in [-0.3, -0.25) is 0 Å². The van der Waals surface area contributed by atoms with E-state index in [4.69, 9.17) is 15.7 Å². The number of halogens is 1. The first-order valence-corrected chi connectivity index (χ1v) is 6.47. The summed E-state index contributed by atoms with van der Waals surface area (Å²) in [7, 11) is 0. The van der Waals surface area contributed by atoms with Crippen LogP contribution in [0, 0.1) is 11.3 Å². The lowest BCUT2D eigenvalue weighted by Crippen LogP contribution is -2.06. The van der Waals surface area contributed by atoms with Crippen LogP contribution in [0.15, 0.2) is 41.0 Å². The highest BCUT2D eigenvalue weighted by Gasteiger charge is 2.11. The number of nitrogen functional groups attached to an aromatic ring is 1. The van der Waals surface area contributed by atoms with E-state index < -0.39 is 0 Å². The zero-order chi connectivity index (χ0) is 13.8. The molecule has 1 aromatic carbocycles. The van der Waals surface area contributed by atoms with Crippen molar-refractivity contribution >= 4 is 21.7 Å². The Hall–Kier alpha value is -2.06. The van der Waals surface area contributed by atoms with Crippen LogP contribution in [0.4, 0.5) is 5.82 Å². The fourth-order valence-electron chi connectivity index (χ4n) is 1.65. The predicted molar refractivity (Wildman–Crippen MR) is 76.5 cm³/mol. The van der Waals surface area contributed by atoms with Gasteiger partial charge in [0.1, 0.15) is 6.10 Å². The van der Waals surface area contributed by atoms with Gasteiger partial charge in [0.05, 0.1) is 11.6 Å². The first-order chi connectivity index (χ1) is 9.10. The first kappa shape index (κ1) is 13.4. The molecule has 96 valence electrons. The molecule has 0 unspecified atom stereocenters. The summed E-state index contributed by atoms with van der Waals surface area (Å²) >= 11 is 3.32. The smallest absolute Gasteiger partial charge is 0.166 e. The lowest BCUT2D eigenvalue weighted by Gasteiger charge is -2.16. The molecule has 2 aromatic rings. The second-order valence-corrected chi connectivity index (χ2v) is 4.95. The van der Waals surface area contributed by atoms with E-state index in [1.807, 2.05) is 19.1 Å². The fourth-order valence-corrected chi connectivity index (χ4v) is 1.96. The Morgan fingerprint density at radius 1 is 1.42 bits per heavy atom. The standard InChI is InChI=1S/C14H12BrN3O/c1-9(11-4-2-3-10(5-11)7-16)19-13-6-12(15)8-18-14(13)17/h2-6,8-9H,1H3,(H2,17,18)/t9-/m0/s1. The molecule has 1 aromatic heterocycles. The number of anilines is 1. The van der Waals surface area contributed by atoms with Gasteiger partial charge >= 0.3 is 0 Å². The topological polar surface area (TPSA) is 71.9 Å². The van der Waals surface area contributed by atoms with E-state index in [1.54, 1.807) is 24.4 Å². The SMILES string of the molecule is C[C@H](Oc1cc(Br)cnc1N)c1cccc(C#N)c1. The van der Waals surface area contributed by atoms with E-state index in [1.165, 1.54) is 0 Å². The van der Waals surface area contributed by atoms with Gasteiger partial charge in [0, 0.05) is 10.7 Å². The molecular weight excluding hydrogens is 306 g/mol. The maximum Gasteiger partial charge on any atom is 0.166 e. The van der Waals surface area contributed by atoms with Crippen LogP contribution in [0.1, 0.15) is 24.2 Å². The summed E-state index contributed by atoms with van der Waals surface area (Å²) < 4.78 is 6.59. The molecule has 0 amide bonds. The van der Waals surface area contributed by atoms with E-state index in [0.29, 0.717) is 17.1 Å². The Kier molecular flexibility index (Phi) is 4.03. The van der Waals surface area contributed by atoms with E-state index in [2.05, 4.69) is 27.0 Å². The molecule has 0 saturated carbocycles. The van der Waals surface area contributed by atoms with Crippen molar-refractivity contribution in [2.24, 2.45) is 0 Å². The molecule has 0 aliphatic heterocycles. The van der Waals surface area contributed by atoms with Crippen molar-refractivity contribution in [3.05, 3.63) is 52.1 Å². The summed E-state index contributed by atoms with van der Waals surface area (Å²) in [5.41, 5.74) is 7.28. The minimum atomic E-state index is -0.216. The Labute approximate surface area is 120 Å². The maximum absolute atomic E-state index is 8.89. The quantitative estimate of drug-likeness (QED) is 0.941. The molecule has 4 nitrogen and oxygen atoms in total. The van der Waals surface area contributed by atoms with Gasteiger partial charge in [0.2, 0.25) is 0 Å². The third-order valence-corrected chi connectivity index (χ3v) is 3.07. The number of nitrogens with two attached hydrogens (primary N) is 1. The minimum absolute atomic E-state index is 0.216. The average Bonchev–Trinajstić information content (AvgIpc) is 2.43. The lowest BCUT2D eigenvalue weighted by molar-refractivity contribution is 0.227. The van der Waals surface area contributed by atoms with Gasteiger partial charge in [0.25, 0.3) is 0 Å². The summed E-state index contributed by atoms with van der Waals surface area (Å²) in [4.78, 5) is 4.01. The van der Waals surface area contributed by atoms with Crippen LogP contribution in [0.25, 0.3) is 0 Å². The van der Waals surface area contributed by atoms with Gasteiger partial charge in [-0.1, -0.05) is 12.1 Å². The highest BCUT2D eigenvalue weighted by Crippen LogP contribution is 2.28. The number of ether oxygens (including phenoxy) is 1. The predicted octanol–water partition coefficient (Wildman–Crippen LogP) is 3.44. The molecule has 5 heteroatoms. The van der Waals surface area contributed by atoms with Crippen molar-refractivity contribution in [1.82, 2.24) is 4.98 Å². The fraction of sp³-hybridized carbons (Fsp3) is 0.143. The van der Waals surface area contributed by atoms with Crippen LogP contribution in [0.2, 0.25) is 0 Å². The summed E-state index contributed by atoms with van der Waals surface area (Å²) in [6, 6.07) is 11.2. The monoisotopic (exact) mass is 317 g/mol. The number of nitriles is 1. The molecule has 2 N–H and O–H groups in total. The average molecular weight is 318 g/mol. The molecule has 0 saturated heterocycles. The zero-order valence-electron chi connectivity index (χ0n) is 10.3. The Balaban J connectivity index is 2.23. The van der Waals surface area contributed by atoms with Crippen molar-refractivity contribution in [3.63, 3.8) is 0 Å². The largest absolute Gasteiger partial charge is 0.482 e. The number of rotatable bonds is 3. The molecule has 0 bridgehead atoms. The molecule has 2 rings (SSSR count). The number of nitrogens with zero attached hydrogens (tertiary/aromatic N) is 2. The maximum atomic E-state index is 8.89. The third-order valence-electron chi connectivity index (χ3n) is 2.64. The van der Waals surface area contributed by atoms with Crippen LogP contribution >= 0.6 is 15.9 Å². The number of hydrogen-bond acceptors (Lipinski definition) is 4. The van der Waals surface area contributed by atoms with Crippen LogP contribution in [0.5, 0.6) is 5.75 Å². The molecule has 19 heavy (non-hydrogen) atoms. The Morgan fingerprint density at radius 3 is 2.95 bits per heavy atom. The van der Waals surface area contributed by atoms with Crippen molar-refractivity contribution in [2.45, 2.75) is 13.0 Å². The summed E-state index contributed by atoms with van der Waals surface area (Å²) in [6.07, 6.45) is 1.40. The molecule has 0 fully saturated rings. The number of aromatic nitrogens is 1. The van der Waals surface area contributed by atoms with Gasteiger partial charge in [-0.2, -0.15) is 5.26 Å². The van der Waals surface area contributed by atoms with Gasteiger partial charge in [0.15, 0.2) is 11.6 Å². The van der Waals surface area contributed by atoms with Gasteiger partial charge < -0.3 is 10.5 Å². The molecule has 0 radical (unpaired) electrons. The van der Waals surface area contributed by atoms with E-state index in [0.717, 1.165) is 10.0 Å². The van der Waals surface area contributed by atoms with Crippen molar-refractivity contribution in [3.8, 4) is 11.8 Å². The number of pyridine rings is 1. The van der Waals surface area contributed by atoms with E-state index in [-0.39, 0.29) is 6.10 Å². The normalized spacial score (nSPS) is 11.6. The molecule has 0 aliphatic carbocycles. The van der Waals surface area contributed by atoms with Gasteiger partial charge in [-0.25, -0.2) is 4.98 Å². The van der Waals surface area contributed by atoms with Crippen LogP contribution in [0.3, 0.4) is 0 Å². The summed E-state index contributed by atoms with van der Waals surface area (Å²) in [5.74, 6) is 0.857. The molecule has 0 spiro atoms. The molecular formula is C14H12BrN3O. The van der Waals surface area contributed by atoms with Crippen LogP contribution in [-0.4, -0.2) is 4.98 Å². The highest BCUT2D eigenvalue weighted by molar-refractivity contribution is 9.10. The first-order valence-electron chi connectivity index (χ1n) is 5.68. The number of benzene rings is 1. The summed E-state index contributed by atoms with van der Waals surface area (Å²) in [5, 5.41) is 8.89. The summed E-state index contributed by atoms with van der Waals surface area (Å²) in [6.45, 7) is 1.90. The van der Waals surface area contributed by atoms with E-state index >= 15 is 0 Å². The van der Waals surface area contributed by atoms with Crippen molar-refractivity contribution in [1.29, 1.82) is 5.26 Å². The number of hydrogen-bond donors (Lipinski definition) is 1. The zero-order valence-corrected chi connectivity index (χ0v) is 11.9. The second-order valence-electron chi connectivity index (χ2n) is 4.03.